The molecule has 1 aliphatic rings. The van der Waals surface area contributed by atoms with Crippen LogP contribution in [0.2, 0.25) is 0 Å². The van der Waals surface area contributed by atoms with Crippen LogP contribution in [0, 0.1) is 0 Å². The quantitative estimate of drug-likeness (QED) is 0.338. The van der Waals surface area contributed by atoms with Gasteiger partial charge in [-0.3, -0.25) is 4.90 Å². The van der Waals surface area contributed by atoms with Crippen molar-refractivity contribution < 1.29 is 9.84 Å². The molecular formula is C26H31N3O2S. The Morgan fingerprint density at radius 2 is 1.81 bits per heavy atom. The first-order valence-electron chi connectivity index (χ1n) is 11.3. The van der Waals surface area contributed by atoms with E-state index in [1.54, 1.807) is 6.07 Å². The Hall–Kier alpha value is -2.54. The van der Waals surface area contributed by atoms with Crippen molar-refractivity contribution in [2.75, 3.05) is 50.5 Å². The molecule has 32 heavy (non-hydrogen) atoms. The predicted molar refractivity (Wildman–Crippen MR) is 134 cm³/mol. The third-order valence-electron chi connectivity index (χ3n) is 5.56. The molecule has 1 fully saturated rings. The molecule has 2 aromatic carbocycles. The smallest absolute Gasteiger partial charge is 0.127 e. The lowest BCUT2D eigenvalue weighted by molar-refractivity contribution is 0.0378. The van der Waals surface area contributed by atoms with E-state index < -0.39 is 0 Å². The highest BCUT2D eigenvalue weighted by Gasteiger charge is 2.12. The van der Waals surface area contributed by atoms with Gasteiger partial charge in [0.1, 0.15) is 11.6 Å². The summed E-state index contributed by atoms with van der Waals surface area (Å²) in [5.41, 5.74) is 3.73. The Balaban J connectivity index is 1.54. The molecule has 2 heterocycles. The zero-order valence-electron chi connectivity index (χ0n) is 18.6. The summed E-state index contributed by atoms with van der Waals surface area (Å²) in [5.74, 6) is 2.13. The summed E-state index contributed by atoms with van der Waals surface area (Å²) >= 11 is 1.84. The first kappa shape index (κ1) is 22.6. The van der Waals surface area contributed by atoms with Crippen LogP contribution < -0.4 is 5.32 Å². The minimum Gasteiger partial charge on any atom is -0.507 e. The van der Waals surface area contributed by atoms with E-state index in [0.717, 1.165) is 79.8 Å². The number of aromatic hydroxyl groups is 1. The van der Waals surface area contributed by atoms with E-state index in [-0.39, 0.29) is 5.75 Å². The molecule has 2 N–H and O–H groups in total. The van der Waals surface area contributed by atoms with Gasteiger partial charge in [0.05, 0.1) is 18.9 Å². The van der Waals surface area contributed by atoms with Crippen molar-refractivity contribution in [2.24, 2.45) is 0 Å². The monoisotopic (exact) mass is 449 g/mol. The molecule has 0 bridgehead atoms. The Bertz CT molecular complexity index is 1000. The molecule has 0 aliphatic carbocycles. The van der Waals surface area contributed by atoms with Crippen molar-refractivity contribution in [3.8, 4) is 28.1 Å². The number of nitrogens with one attached hydrogen (secondary N) is 1. The number of nitrogens with zero attached hydrogens (tertiary/aromatic N) is 2. The molecule has 0 saturated carbocycles. The van der Waals surface area contributed by atoms with Gasteiger partial charge in [0.25, 0.3) is 0 Å². The lowest BCUT2D eigenvalue weighted by atomic mass is 10.0. The van der Waals surface area contributed by atoms with E-state index in [2.05, 4.69) is 53.5 Å². The number of rotatable bonds is 9. The number of aromatic nitrogens is 1. The number of thioether (sulfide) groups is 1. The lowest BCUT2D eigenvalue weighted by Crippen LogP contribution is -2.37. The second-order valence-corrected chi connectivity index (χ2v) is 9.17. The maximum Gasteiger partial charge on any atom is 0.127 e. The van der Waals surface area contributed by atoms with Gasteiger partial charge in [-0.25, -0.2) is 4.98 Å². The summed E-state index contributed by atoms with van der Waals surface area (Å²) in [5, 5.41) is 13.9. The van der Waals surface area contributed by atoms with E-state index in [1.807, 2.05) is 30.0 Å². The SMILES string of the molecule is CCSc1ccc(-c2cc(NCCCN3CCOCC3)nc(-c3ccccc3O)c2)cc1. The molecule has 6 heteroatoms. The van der Waals surface area contributed by atoms with Gasteiger partial charge in [0.15, 0.2) is 0 Å². The Labute approximate surface area is 194 Å². The number of ether oxygens (including phenoxy) is 1. The second kappa shape index (κ2) is 11.4. The fraction of sp³-hybridized carbons (Fsp3) is 0.346. The van der Waals surface area contributed by atoms with Gasteiger partial charge in [-0.05, 0) is 66.2 Å². The summed E-state index contributed by atoms with van der Waals surface area (Å²) in [6.45, 7) is 7.75. The Morgan fingerprint density at radius 3 is 2.56 bits per heavy atom. The molecule has 0 amide bonds. The third kappa shape index (κ3) is 6.03. The van der Waals surface area contributed by atoms with Gasteiger partial charge in [-0.15, -0.1) is 11.8 Å². The minimum atomic E-state index is 0.241. The third-order valence-corrected chi connectivity index (χ3v) is 6.46. The van der Waals surface area contributed by atoms with Gasteiger partial charge in [0, 0.05) is 30.1 Å². The number of para-hydroxylation sites is 1. The number of benzene rings is 2. The average Bonchev–Trinajstić information content (AvgIpc) is 2.83. The number of pyridine rings is 1. The van der Waals surface area contributed by atoms with Crippen LogP contribution in [0.15, 0.2) is 65.6 Å². The van der Waals surface area contributed by atoms with Crippen LogP contribution in [-0.4, -0.2) is 60.1 Å². The van der Waals surface area contributed by atoms with E-state index in [0.29, 0.717) is 0 Å². The van der Waals surface area contributed by atoms with Crippen molar-refractivity contribution in [1.82, 2.24) is 9.88 Å². The fourth-order valence-electron chi connectivity index (χ4n) is 3.87. The highest BCUT2D eigenvalue weighted by atomic mass is 32.2. The van der Waals surface area contributed by atoms with Crippen LogP contribution in [-0.2, 0) is 4.74 Å². The number of hydrogen-bond acceptors (Lipinski definition) is 6. The summed E-state index contributed by atoms with van der Waals surface area (Å²) in [6, 6.07) is 20.2. The molecule has 3 aromatic rings. The first-order chi connectivity index (χ1) is 15.7. The van der Waals surface area contributed by atoms with Gasteiger partial charge in [-0.1, -0.05) is 31.2 Å². The number of hydrogen-bond donors (Lipinski definition) is 2. The largest absolute Gasteiger partial charge is 0.507 e. The van der Waals surface area contributed by atoms with E-state index >= 15 is 0 Å². The lowest BCUT2D eigenvalue weighted by Gasteiger charge is -2.26. The summed E-state index contributed by atoms with van der Waals surface area (Å²) < 4.78 is 5.43. The molecule has 0 atom stereocenters. The van der Waals surface area contributed by atoms with Crippen molar-refractivity contribution in [2.45, 2.75) is 18.2 Å². The maximum atomic E-state index is 10.4. The molecule has 1 aromatic heterocycles. The van der Waals surface area contributed by atoms with Gasteiger partial charge < -0.3 is 15.2 Å². The first-order valence-corrected chi connectivity index (χ1v) is 12.3. The summed E-state index contributed by atoms with van der Waals surface area (Å²) in [6.07, 6.45) is 1.04. The van der Waals surface area contributed by atoms with Crippen LogP contribution >= 0.6 is 11.8 Å². The molecule has 0 radical (unpaired) electrons. The normalized spacial score (nSPS) is 14.4. The Morgan fingerprint density at radius 1 is 1.03 bits per heavy atom. The fourth-order valence-corrected chi connectivity index (χ4v) is 4.53. The van der Waals surface area contributed by atoms with E-state index in [1.165, 1.54) is 4.90 Å². The maximum absolute atomic E-state index is 10.4. The van der Waals surface area contributed by atoms with Crippen molar-refractivity contribution in [1.29, 1.82) is 0 Å². The van der Waals surface area contributed by atoms with Crippen molar-refractivity contribution in [3.63, 3.8) is 0 Å². The molecular weight excluding hydrogens is 418 g/mol. The highest BCUT2D eigenvalue weighted by Crippen LogP contribution is 2.33. The average molecular weight is 450 g/mol. The molecule has 1 aliphatic heterocycles. The van der Waals surface area contributed by atoms with E-state index in [9.17, 15) is 5.11 Å². The molecule has 5 nitrogen and oxygen atoms in total. The highest BCUT2D eigenvalue weighted by molar-refractivity contribution is 7.99. The summed E-state index contributed by atoms with van der Waals surface area (Å²) in [4.78, 5) is 8.53. The topological polar surface area (TPSA) is 57.6 Å². The van der Waals surface area contributed by atoms with Crippen LogP contribution in [0.5, 0.6) is 5.75 Å². The van der Waals surface area contributed by atoms with Crippen molar-refractivity contribution in [3.05, 3.63) is 60.7 Å². The van der Waals surface area contributed by atoms with Crippen LogP contribution in [0.4, 0.5) is 5.82 Å². The molecule has 0 spiro atoms. The standard InChI is InChI=1S/C26H31N3O2S/c1-2-32-22-10-8-20(9-11-22)21-18-24(23-6-3-4-7-25(23)30)28-26(19-21)27-12-5-13-29-14-16-31-17-15-29/h3-4,6-11,18-19,30H,2,5,12-17H2,1H3,(H,27,28). The number of anilines is 1. The van der Waals surface area contributed by atoms with Gasteiger partial charge >= 0.3 is 0 Å². The Kier molecular flexibility index (Phi) is 8.04. The molecule has 4 rings (SSSR count). The predicted octanol–water partition coefficient (Wildman–Crippen LogP) is 5.37. The second-order valence-electron chi connectivity index (χ2n) is 7.84. The van der Waals surface area contributed by atoms with Crippen LogP contribution in [0.1, 0.15) is 13.3 Å². The number of morpholine rings is 1. The molecule has 168 valence electrons. The minimum absolute atomic E-state index is 0.241. The van der Waals surface area contributed by atoms with Crippen LogP contribution in [0.3, 0.4) is 0 Å². The van der Waals surface area contributed by atoms with Gasteiger partial charge in [-0.2, -0.15) is 0 Å². The van der Waals surface area contributed by atoms with Crippen LogP contribution in [0.25, 0.3) is 22.4 Å². The summed E-state index contributed by atoms with van der Waals surface area (Å²) in [7, 11) is 0. The van der Waals surface area contributed by atoms with E-state index in [4.69, 9.17) is 9.72 Å². The van der Waals surface area contributed by atoms with Gasteiger partial charge in [0.2, 0.25) is 0 Å². The molecule has 0 unspecified atom stereocenters. The molecule has 1 saturated heterocycles. The zero-order chi connectivity index (χ0) is 22.2. The number of phenolic OH excluding ortho intramolecular Hbond substituents is 1. The number of phenols is 1. The van der Waals surface area contributed by atoms with Crippen molar-refractivity contribution >= 4 is 17.6 Å². The zero-order valence-corrected chi connectivity index (χ0v) is 19.4.